The molecule has 0 bridgehead atoms. The van der Waals surface area contributed by atoms with Crippen LogP contribution in [0.5, 0.6) is 0 Å². The molecule has 1 saturated carbocycles. The van der Waals surface area contributed by atoms with Crippen molar-refractivity contribution in [2.45, 2.75) is 43.7 Å². The fourth-order valence-corrected chi connectivity index (χ4v) is 3.85. The molecule has 3 rings (SSSR count). The Kier molecular flexibility index (Phi) is 3.26. The van der Waals surface area contributed by atoms with Crippen LogP contribution < -0.4 is 16.0 Å². The Morgan fingerprint density at radius 2 is 2.00 bits per heavy atom. The average molecular weight is 323 g/mol. The quantitative estimate of drug-likeness (QED) is 0.857. The Labute approximate surface area is 127 Å². The van der Waals surface area contributed by atoms with Gasteiger partial charge in [0, 0.05) is 12.1 Å². The van der Waals surface area contributed by atoms with E-state index in [0.717, 1.165) is 17.4 Å². The van der Waals surface area contributed by atoms with Crippen LogP contribution in [0.1, 0.15) is 26.7 Å². The summed E-state index contributed by atoms with van der Waals surface area (Å²) in [5, 5.41) is 0.185. The number of H-pyrrole nitrogens is 1. The van der Waals surface area contributed by atoms with E-state index in [1.165, 1.54) is 18.2 Å². The maximum absolute atomic E-state index is 12.4. The molecule has 1 aliphatic carbocycles. The van der Waals surface area contributed by atoms with Gasteiger partial charge in [-0.3, -0.25) is 9.36 Å². The Morgan fingerprint density at radius 3 is 2.59 bits per heavy atom. The van der Waals surface area contributed by atoms with Crippen molar-refractivity contribution in [1.82, 2.24) is 14.3 Å². The normalized spacial score (nSPS) is 16.8. The van der Waals surface area contributed by atoms with E-state index in [-0.39, 0.29) is 22.4 Å². The second-order valence-corrected chi connectivity index (χ2v) is 7.54. The first-order valence-corrected chi connectivity index (χ1v) is 8.55. The zero-order valence-electron chi connectivity index (χ0n) is 12.3. The van der Waals surface area contributed by atoms with Crippen LogP contribution in [-0.4, -0.2) is 23.5 Å². The molecular formula is C14H17N3O4S. The smallest absolute Gasteiger partial charge is 0.307 e. The van der Waals surface area contributed by atoms with Crippen LogP contribution in [0.15, 0.2) is 32.7 Å². The first kappa shape index (κ1) is 15.0. The predicted molar refractivity (Wildman–Crippen MR) is 82.5 cm³/mol. The van der Waals surface area contributed by atoms with E-state index in [2.05, 4.69) is 9.71 Å². The van der Waals surface area contributed by atoms with E-state index >= 15 is 0 Å². The van der Waals surface area contributed by atoms with Crippen molar-refractivity contribution in [2.24, 2.45) is 0 Å². The number of hydrogen-bond acceptors (Lipinski definition) is 4. The van der Waals surface area contributed by atoms with Crippen LogP contribution in [0.3, 0.4) is 0 Å². The van der Waals surface area contributed by atoms with Gasteiger partial charge in [0.15, 0.2) is 0 Å². The van der Waals surface area contributed by atoms with Gasteiger partial charge in [-0.2, -0.15) is 0 Å². The molecule has 0 unspecified atom stereocenters. The standard InChI is InChI=1S/C14H17N3O4S/c1-3-17-12(18)10-8-9(4-5-11(10)15-13(17)19)22(20,21)16-14(2)6-7-14/h4-5,8,16H,3,6-7H2,1-2H3,(H,15,19). The van der Waals surface area contributed by atoms with Gasteiger partial charge in [-0.25, -0.2) is 17.9 Å². The van der Waals surface area contributed by atoms with Crippen LogP contribution in [0, 0.1) is 0 Å². The molecule has 1 aromatic carbocycles. The summed E-state index contributed by atoms with van der Waals surface area (Å²) >= 11 is 0. The molecule has 22 heavy (non-hydrogen) atoms. The molecular weight excluding hydrogens is 306 g/mol. The summed E-state index contributed by atoms with van der Waals surface area (Å²) < 4.78 is 28.4. The molecule has 1 fully saturated rings. The van der Waals surface area contributed by atoms with Crippen molar-refractivity contribution in [1.29, 1.82) is 0 Å². The van der Waals surface area contributed by atoms with Crippen LogP contribution in [0.25, 0.3) is 10.9 Å². The Morgan fingerprint density at radius 1 is 1.32 bits per heavy atom. The van der Waals surface area contributed by atoms with Crippen molar-refractivity contribution >= 4 is 20.9 Å². The third-order valence-corrected chi connectivity index (χ3v) is 5.60. The number of nitrogens with zero attached hydrogens (tertiary/aromatic N) is 1. The zero-order chi connectivity index (χ0) is 16.1. The van der Waals surface area contributed by atoms with E-state index in [4.69, 9.17) is 0 Å². The minimum atomic E-state index is -3.68. The monoisotopic (exact) mass is 323 g/mol. The van der Waals surface area contributed by atoms with Crippen molar-refractivity contribution < 1.29 is 8.42 Å². The number of benzene rings is 1. The van der Waals surface area contributed by atoms with Gasteiger partial charge >= 0.3 is 5.69 Å². The Bertz CT molecular complexity index is 968. The van der Waals surface area contributed by atoms with Crippen molar-refractivity contribution in [2.75, 3.05) is 0 Å². The molecule has 1 heterocycles. The Hall–Kier alpha value is -1.93. The lowest BCUT2D eigenvalue weighted by Crippen LogP contribution is -2.35. The summed E-state index contributed by atoms with van der Waals surface area (Å²) in [5.74, 6) is 0. The molecule has 0 radical (unpaired) electrons. The summed E-state index contributed by atoms with van der Waals surface area (Å²) in [6.07, 6.45) is 1.60. The number of nitrogens with one attached hydrogen (secondary N) is 2. The molecule has 2 aromatic rings. The molecule has 1 aromatic heterocycles. The van der Waals surface area contributed by atoms with Gasteiger partial charge in [0.1, 0.15) is 0 Å². The lowest BCUT2D eigenvalue weighted by molar-refractivity contribution is 0.558. The van der Waals surface area contributed by atoms with Gasteiger partial charge in [-0.05, 0) is 44.9 Å². The number of aromatic nitrogens is 2. The summed E-state index contributed by atoms with van der Waals surface area (Å²) in [6.45, 7) is 3.74. The molecule has 1 aliphatic rings. The zero-order valence-corrected chi connectivity index (χ0v) is 13.2. The topological polar surface area (TPSA) is 101 Å². The fraction of sp³-hybridized carbons (Fsp3) is 0.429. The van der Waals surface area contributed by atoms with Crippen molar-refractivity contribution in [3.63, 3.8) is 0 Å². The SMILES string of the molecule is CCn1c(=O)[nH]c2ccc(S(=O)(=O)NC3(C)CC3)cc2c1=O. The summed E-state index contributed by atoms with van der Waals surface area (Å²) in [7, 11) is -3.68. The van der Waals surface area contributed by atoms with Gasteiger partial charge in [0.25, 0.3) is 5.56 Å². The second kappa shape index (κ2) is 4.79. The average Bonchev–Trinajstić information content (AvgIpc) is 3.15. The summed E-state index contributed by atoms with van der Waals surface area (Å²) in [5.41, 5.74) is -1.05. The van der Waals surface area contributed by atoms with E-state index in [1.54, 1.807) is 6.92 Å². The number of rotatable bonds is 4. The van der Waals surface area contributed by atoms with E-state index in [1.807, 2.05) is 6.92 Å². The minimum absolute atomic E-state index is 0.0277. The highest BCUT2D eigenvalue weighted by atomic mass is 32.2. The molecule has 0 aliphatic heterocycles. The number of hydrogen-bond donors (Lipinski definition) is 2. The molecule has 8 heteroatoms. The molecule has 0 amide bonds. The largest absolute Gasteiger partial charge is 0.328 e. The lowest BCUT2D eigenvalue weighted by Gasteiger charge is -2.12. The maximum atomic E-state index is 12.4. The number of aromatic amines is 1. The molecule has 0 spiro atoms. The minimum Gasteiger partial charge on any atom is -0.307 e. The van der Waals surface area contributed by atoms with Crippen LogP contribution in [-0.2, 0) is 16.6 Å². The molecule has 118 valence electrons. The van der Waals surface area contributed by atoms with Gasteiger partial charge in [0.2, 0.25) is 10.0 Å². The van der Waals surface area contributed by atoms with E-state index in [0.29, 0.717) is 5.52 Å². The molecule has 0 saturated heterocycles. The van der Waals surface area contributed by atoms with Gasteiger partial charge in [-0.1, -0.05) is 0 Å². The predicted octanol–water partition coefficient (Wildman–Crippen LogP) is 0.540. The highest BCUT2D eigenvalue weighted by molar-refractivity contribution is 7.89. The second-order valence-electron chi connectivity index (χ2n) is 5.85. The maximum Gasteiger partial charge on any atom is 0.328 e. The summed E-state index contributed by atoms with van der Waals surface area (Å²) in [6, 6.07) is 4.15. The number of fused-ring (bicyclic) bond motifs is 1. The Balaban J connectivity index is 2.17. The number of sulfonamides is 1. The van der Waals surface area contributed by atoms with Crippen LogP contribution >= 0.6 is 0 Å². The molecule has 7 nitrogen and oxygen atoms in total. The third kappa shape index (κ3) is 2.48. The lowest BCUT2D eigenvalue weighted by atomic mass is 10.2. The first-order valence-electron chi connectivity index (χ1n) is 7.07. The van der Waals surface area contributed by atoms with Gasteiger partial charge in [-0.15, -0.1) is 0 Å². The van der Waals surface area contributed by atoms with Crippen LogP contribution in [0.2, 0.25) is 0 Å². The van der Waals surface area contributed by atoms with Gasteiger partial charge < -0.3 is 4.98 Å². The highest BCUT2D eigenvalue weighted by Gasteiger charge is 2.41. The van der Waals surface area contributed by atoms with Gasteiger partial charge in [0.05, 0.1) is 15.8 Å². The molecule has 0 atom stereocenters. The van der Waals surface area contributed by atoms with E-state index in [9.17, 15) is 18.0 Å². The third-order valence-electron chi connectivity index (χ3n) is 3.96. The fourth-order valence-electron chi connectivity index (χ4n) is 2.36. The molecule has 2 N–H and O–H groups in total. The van der Waals surface area contributed by atoms with Crippen molar-refractivity contribution in [3.05, 3.63) is 39.0 Å². The van der Waals surface area contributed by atoms with Crippen molar-refractivity contribution in [3.8, 4) is 0 Å². The van der Waals surface area contributed by atoms with E-state index < -0.39 is 21.3 Å². The first-order chi connectivity index (χ1) is 10.3. The highest BCUT2D eigenvalue weighted by Crippen LogP contribution is 2.36. The van der Waals surface area contributed by atoms with Crippen LogP contribution in [0.4, 0.5) is 0 Å². The summed E-state index contributed by atoms with van der Waals surface area (Å²) in [4.78, 5) is 26.6.